The van der Waals surface area contributed by atoms with Gasteiger partial charge < -0.3 is 10.1 Å². The second-order valence-corrected chi connectivity index (χ2v) is 6.20. The molecule has 1 N–H and O–H groups in total. The van der Waals surface area contributed by atoms with Gasteiger partial charge in [-0.1, -0.05) is 6.07 Å². The third-order valence-corrected chi connectivity index (χ3v) is 4.44. The molecule has 128 valence electrons. The monoisotopic (exact) mass is 336 g/mol. The summed E-state index contributed by atoms with van der Waals surface area (Å²) in [5.74, 6) is 0.659. The molecule has 6 heteroatoms. The normalized spacial score (nSPS) is 17.0. The molecule has 1 saturated heterocycles. The van der Waals surface area contributed by atoms with Gasteiger partial charge in [0.1, 0.15) is 17.2 Å². The Labute approximate surface area is 145 Å². The number of imidazole rings is 1. The average Bonchev–Trinajstić information content (AvgIpc) is 3.29. The van der Waals surface area contributed by atoms with Gasteiger partial charge in [0.25, 0.3) is 0 Å². The molecule has 0 radical (unpaired) electrons. The summed E-state index contributed by atoms with van der Waals surface area (Å²) in [4.78, 5) is 21.3. The predicted octanol–water partition coefficient (Wildman–Crippen LogP) is 3.29. The van der Waals surface area contributed by atoms with Crippen LogP contribution in [0.4, 0.5) is 5.82 Å². The van der Waals surface area contributed by atoms with Crippen LogP contribution in [0.2, 0.25) is 0 Å². The molecule has 0 saturated carbocycles. The van der Waals surface area contributed by atoms with Crippen LogP contribution in [0, 0.1) is 0 Å². The first-order valence-electron chi connectivity index (χ1n) is 8.60. The van der Waals surface area contributed by atoms with Crippen molar-refractivity contribution >= 4 is 17.4 Å². The third-order valence-electron chi connectivity index (χ3n) is 4.44. The molecule has 0 aromatic carbocycles. The van der Waals surface area contributed by atoms with Crippen molar-refractivity contribution in [2.24, 2.45) is 0 Å². The van der Waals surface area contributed by atoms with Crippen molar-refractivity contribution in [2.75, 3.05) is 11.9 Å². The van der Waals surface area contributed by atoms with E-state index in [1.807, 2.05) is 40.9 Å². The predicted molar refractivity (Wildman–Crippen MR) is 95.3 cm³/mol. The van der Waals surface area contributed by atoms with Crippen LogP contribution in [0.3, 0.4) is 0 Å². The highest BCUT2D eigenvalue weighted by Gasteiger charge is 2.19. The van der Waals surface area contributed by atoms with Crippen molar-refractivity contribution in [3.8, 4) is 11.3 Å². The fourth-order valence-corrected chi connectivity index (χ4v) is 3.18. The lowest BCUT2D eigenvalue weighted by molar-refractivity contribution is -0.116. The standard InChI is InChI=1S/C19H20N4O2/c24-17(9-8-15-6-4-12-25-15)22-19-18(14-5-3-10-20-13-14)21-16-7-1-2-11-23(16)19/h1-3,5,7,10-11,13,15H,4,6,8-9,12H2,(H,22,24). The van der Waals surface area contributed by atoms with Gasteiger partial charge in [-0.05, 0) is 43.5 Å². The molecule has 0 aliphatic carbocycles. The minimum absolute atomic E-state index is 0.0220. The van der Waals surface area contributed by atoms with E-state index in [1.165, 1.54) is 0 Å². The van der Waals surface area contributed by atoms with E-state index < -0.39 is 0 Å². The Balaban J connectivity index is 1.60. The lowest BCUT2D eigenvalue weighted by Crippen LogP contribution is -2.16. The van der Waals surface area contributed by atoms with Crippen LogP contribution >= 0.6 is 0 Å². The van der Waals surface area contributed by atoms with E-state index >= 15 is 0 Å². The SMILES string of the molecule is O=C(CCC1CCCO1)Nc1c(-c2cccnc2)nc2ccccn12. The highest BCUT2D eigenvalue weighted by Crippen LogP contribution is 2.28. The van der Waals surface area contributed by atoms with Crippen LogP contribution in [0.25, 0.3) is 16.9 Å². The van der Waals surface area contributed by atoms with Crippen LogP contribution in [0.1, 0.15) is 25.7 Å². The molecule has 1 fully saturated rings. The zero-order chi connectivity index (χ0) is 17.1. The number of pyridine rings is 2. The van der Waals surface area contributed by atoms with E-state index in [1.54, 1.807) is 12.4 Å². The first kappa shape index (κ1) is 15.8. The minimum Gasteiger partial charge on any atom is -0.378 e. The topological polar surface area (TPSA) is 68.5 Å². The number of nitrogens with one attached hydrogen (secondary N) is 1. The van der Waals surface area contributed by atoms with E-state index in [2.05, 4.69) is 15.3 Å². The minimum atomic E-state index is -0.0220. The van der Waals surface area contributed by atoms with Crippen molar-refractivity contribution in [3.63, 3.8) is 0 Å². The van der Waals surface area contributed by atoms with Crippen LogP contribution in [0.5, 0.6) is 0 Å². The van der Waals surface area contributed by atoms with Crippen molar-refractivity contribution in [3.05, 3.63) is 48.9 Å². The molecule has 1 unspecified atom stereocenters. The number of carbonyl (C=O) groups excluding carboxylic acids is 1. The largest absolute Gasteiger partial charge is 0.378 e. The number of hydrogen-bond donors (Lipinski definition) is 1. The smallest absolute Gasteiger partial charge is 0.225 e. The maximum absolute atomic E-state index is 12.5. The Morgan fingerprint density at radius 3 is 3.08 bits per heavy atom. The molecule has 3 aromatic heterocycles. The van der Waals surface area contributed by atoms with Crippen molar-refractivity contribution in [1.82, 2.24) is 14.4 Å². The van der Waals surface area contributed by atoms with Crippen LogP contribution < -0.4 is 5.32 Å². The van der Waals surface area contributed by atoms with E-state index in [-0.39, 0.29) is 12.0 Å². The van der Waals surface area contributed by atoms with Gasteiger partial charge in [0, 0.05) is 37.2 Å². The van der Waals surface area contributed by atoms with Crippen molar-refractivity contribution < 1.29 is 9.53 Å². The Hall–Kier alpha value is -2.73. The maximum atomic E-state index is 12.5. The summed E-state index contributed by atoms with van der Waals surface area (Å²) in [6.07, 6.45) is 8.92. The van der Waals surface area contributed by atoms with Crippen LogP contribution in [-0.4, -0.2) is 33.0 Å². The molecule has 0 bridgehead atoms. The van der Waals surface area contributed by atoms with Crippen molar-refractivity contribution in [2.45, 2.75) is 31.8 Å². The van der Waals surface area contributed by atoms with E-state index in [9.17, 15) is 4.79 Å². The molecule has 25 heavy (non-hydrogen) atoms. The number of rotatable bonds is 5. The first-order chi connectivity index (χ1) is 12.3. The number of anilines is 1. The summed E-state index contributed by atoms with van der Waals surface area (Å²) in [5.41, 5.74) is 2.39. The number of hydrogen-bond acceptors (Lipinski definition) is 4. The van der Waals surface area contributed by atoms with E-state index in [0.29, 0.717) is 12.2 Å². The summed E-state index contributed by atoms with van der Waals surface area (Å²) < 4.78 is 7.49. The highest BCUT2D eigenvalue weighted by molar-refractivity contribution is 5.94. The Kier molecular flexibility index (Phi) is 4.43. The maximum Gasteiger partial charge on any atom is 0.225 e. The van der Waals surface area contributed by atoms with Gasteiger partial charge in [-0.25, -0.2) is 4.98 Å². The highest BCUT2D eigenvalue weighted by atomic mass is 16.5. The van der Waals surface area contributed by atoms with E-state index in [4.69, 9.17) is 4.74 Å². The summed E-state index contributed by atoms with van der Waals surface area (Å²) in [6.45, 7) is 0.810. The second-order valence-electron chi connectivity index (χ2n) is 6.20. The third kappa shape index (κ3) is 3.39. The van der Waals surface area contributed by atoms with Gasteiger partial charge in [-0.15, -0.1) is 0 Å². The quantitative estimate of drug-likeness (QED) is 0.776. The summed E-state index contributed by atoms with van der Waals surface area (Å²) >= 11 is 0. The number of fused-ring (bicyclic) bond motifs is 1. The summed E-state index contributed by atoms with van der Waals surface area (Å²) in [5, 5.41) is 3.03. The number of carbonyl (C=O) groups is 1. The van der Waals surface area contributed by atoms with Gasteiger partial charge in [-0.3, -0.25) is 14.2 Å². The van der Waals surface area contributed by atoms with Crippen LogP contribution in [0.15, 0.2) is 48.9 Å². The molecule has 3 aromatic rings. The molecule has 1 amide bonds. The summed E-state index contributed by atoms with van der Waals surface area (Å²) in [6, 6.07) is 9.57. The fourth-order valence-electron chi connectivity index (χ4n) is 3.18. The van der Waals surface area contributed by atoms with Gasteiger partial charge in [0.05, 0.1) is 6.10 Å². The Morgan fingerprint density at radius 2 is 2.28 bits per heavy atom. The average molecular weight is 336 g/mol. The molecule has 0 spiro atoms. The lowest BCUT2D eigenvalue weighted by Gasteiger charge is -2.10. The van der Waals surface area contributed by atoms with Gasteiger partial charge in [0.15, 0.2) is 0 Å². The molecule has 1 aliphatic heterocycles. The van der Waals surface area contributed by atoms with Crippen LogP contribution in [-0.2, 0) is 9.53 Å². The molecule has 6 nitrogen and oxygen atoms in total. The van der Waals surface area contributed by atoms with Gasteiger partial charge >= 0.3 is 0 Å². The molecular weight excluding hydrogens is 316 g/mol. The van der Waals surface area contributed by atoms with Gasteiger partial charge in [-0.2, -0.15) is 0 Å². The fraction of sp³-hybridized carbons (Fsp3) is 0.316. The van der Waals surface area contributed by atoms with Gasteiger partial charge in [0.2, 0.25) is 5.91 Å². The number of aromatic nitrogens is 3. The van der Waals surface area contributed by atoms with E-state index in [0.717, 1.165) is 42.8 Å². The Bertz CT molecular complexity index is 870. The number of ether oxygens (including phenoxy) is 1. The lowest BCUT2D eigenvalue weighted by atomic mass is 10.1. The molecule has 4 rings (SSSR count). The summed E-state index contributed by atoms with van der Waals surface area (Å²) in [7, 11) is 0. The van der Waals surface area contributed by atoms with Crippen molar-refractivity contribution in [1.29, 1.82) is 0 Å². The zero-order valence-electron chi connectivity index (χ0n) is 13.9. The molecular formula is C19H20N4O2. The zero-order valence-corrected chi connectivity index (χ0v) is 13.9. The number of nitrogens with zero attached hydrogens (tertiary/aromatic N) is 3. The number of amides is 1. The first-order valence-corrected chi connectivity index (χ1v) is 8.60. The molecule has 1 aliphatic rings. The second kappa shape index (κ2) is 7.03. The Morgan fingerprint density at radius 1 is 1.32 bits per heavy atom. The molecule has 1 atom stereocenters. The molecule has 4 heterocycles.